The highest BCUT2D eigenvalue weighted by Gasteiger charge is 2.18. The predicted octanol–water partition coefficient (Wildman–Crippen LogP) is 2.62. The molecule has 0 aliphatic heterocycles. The van der Waals surface area contributed by atoms with Gasteiger partial charge < -0.3 is 5.32 Å². The lowest BCUT2D eigenvalue weighted by molar-refractivity contribution is 0.295. The summed E-state index contributed by atoms with van der Waals surface area (Å²) in [6, 6.07) is 0.650. The SMILES string of the molecule is CNC(C)C(CCSC)C(C)C. The molecule has 0 amide bonds. The number of nitrogens with one attached hydrogen (secondary N) is 1. The maximum absolute atomic E-state index is 3.35. The van der Waals surface area contributed by atoms with E-state index in [1.54, 1.807) is 0 Å². The van der Waals surface area contributed by atoms with Crippen LogP contribution < -0.4 is 5.32 Å². The Hall–Kier alpha value is 0.310. The predicted molar refractivity (Wildman–Crippen MR) is 59.8 cm³/mol. The highest BCUT2D eigenvalue weighted by Crippen LogP contribution is 2.20. The highest BCUT2D eigenvalue weighted by atomic mass is 32.2. The van der Waals surface area contributed by atoms with E-state index in [1.807, 2.05) is 11.8 Å². The monoisotopic (exact) mass is 189 g/mol. The lowest BCUT2D eigenvalue weighted by Crippen LogP contribution is -2.34. The smallest absolute Gasteiger partial charge is 0.00667 e. The minimum atomic E-state index is 0.650. The van der Waals surface area contributed by atoms with Gasteiger partial charge in [0.05, 0.1) is 0 Å². The molecule has 0 aliphatic carbocycles. The molecule has 0 radical (unpaired) electrons. The van der Waals surface area contributed by atoms with Crippen molar-refractivity contribution in [2.75, 3.05) is 19.1 Å². The van der Waals surface area contributed by atoms with Crippen molar-refractivity contribution in [1.82, 2.24) is 5.32 Å². The zero-order valence-corrected chi connectivity index (χ0v) is 9.87. The molecule has 0 fully saturated rings. The van der Waals surface area contributed by atoms with Crippen LogP contribution in [-0.2, 0) is 0 Å². The van der Waals surface area contributed by atoms with Gasteiger partial charge in [-0.1, -0.05) is 13.8 Å². The molecule has 2 heteroatoms. The number of hydrogen-bond acceptors (Lipinski definition) is 2. The van der Waals surface area contributed by atoms with E-state index in [1.165, 1.54) is 12.2 Å². The summed E-state index contributed by atoms with van der Waals surface area (Å²) in [5, 5.41) is 3.35. The van der Waals surface area contributed by atoms with Crippen LogP contribution in [0.15, 0.2) is 0 Å². The Morgan fingerprint density at radius 2 is 1.83 bits per heavy atom. The van der Waals surface area contributed by atoms with Gasteiger partial charge in [-0.25, -0.2) is 0 Å². The molecule has 0 saturated heterocycles. The second kappa shape index (κ2) is 6.79. The largest absolute Gasteiger partial charge is 0.317 e. The van der Waals surface area contributed by atoms with Gasteiger partial charge in [-0.05, 0) is 44.2 Å². The van der Waals surface area contributed by atoms with Gasteiger partial charge in [-0.15, -0.1) is 0 Å². The Labute approximate surface area is 81.7 Å². The van der Waals surface area contributed by atoms with E-state index in [-0.39, 0.29) is 0 Å². The van der Waals surface area contributed by atoms with Crippen molar-refractivity contribution in [3.05, 3.63) is 0 Å². The van der Waals surface area contributed by atoms with Crippen molar-refractivity contribution < 1.29 is 0 Å². The maximum Gasteiger partial charge on any atom is 0.00667 e. The summed E-state index contributed by atoms with van der Waals surface area (Å²) < 4.78 is 0. The third-order valence-electron chi connectivity index (χ3n) is 2.61. The van der Waals surface area contributed by atoms with Crippen LogP contribution in [0.5, 0.6) is 0 Å². The van der Waals surface area contributed by atoms with Gasteiger partial charge >= 0.3 is 0 Å². The Kier molecular flexibility index (Phi) is 6.96. The van der Waals surface area contributed by atoms with Crippen LogP contribution in [0.4, 0.5) is 0 Å². The molecular weight excluding hydrogens is 166 g/mol. The van der Waals surface area contributed by atoms with Crippen LogP contribution in [0.2, 0.25) is 0 Å². The maximum atomic E-state index is 3.35. The normalized spacial score (nSPS) is 16.5. The Morgan fingerprint density at radius 3 is 2.17 bits per heavy atom. The fraction of sp³-hybridized carbons (Fsp3) is 1.00. The molecular formula is C10H23NS. The Balaban J connectivity index is 3.85. The topological polar surface area (TPSA) is 12.0 Å². The Bertz CT molecular complexity index is 104. The highest BCUT2D eigenvalue weighted by molar-refractivity contribution is 7.98. The van der Waals surface area contributed by atoms with E-state index in [0.29, 0.717) is 6.04 Å². The Morgan fingerprint density at radius 1 is 1.25 bits per heavy atom. The first-order chi connectivity index (χ1) is 5.63. The van der Waals surface area contributed by atoms with Crippen LogP contribution in [0.1, 0.15) is 27.2 Å². The van der Waals surface area contributed by atoms with Gasteiger partial charge in [-0.2, -0.15) is 11.8 Å². The lowest BCUT2D eigenvalue weighted by atomic mass is 9.87. The first-order valence-corrected chi connectivity index (χ1v) is 6.19. The van der Waals surface area contributed by atoms with Gasteiger partial charge in [0.1, 0.15) is 0 Å². The van der Waals surface area contributed by atoms with E-state index in [0.717, 1.165) is 11.8 Å². The molecule has 74 valence electrons. The molecule has 0 saturated carbocycles. The third-order valence-corrected chi connectivity index (χ3v) is 3.25. The van der Waals surface area contributed by atoms with Gasteiger partial charge in [-0.3, -0.25) is 0 Å². The molecule has 1 N–H and O–H groups in total. The van der Waals surface area contributed by atoms with E-state index in [4.69, 9.17) is 0 Å². The van der Waals surface area contributed by atoms with Crippen molar-refractivity contribution in [2.45, 2.75) is 33.2 Å². The average molecular weight is 189 g/mol. The molecule has 1 nitrogen and oxygen atoms in total. The van der Waals surface area contributed by atoms with Crippen LogP contribution in [0, 0.1) is 11.8 Å². The minimum Gasteiger partial charge on any atom is -0.317 e. The first kappa shape index (κ1) is 12.3. The molecule has 12 heavy (non-hydrogen) atoms. The van der Waals surface area contributed by atoms with Crippen LogP contribution in [0.3, 0.4) is 0 Å². The molecule has 0 aromatic rings. The van der Waals surface area contributed by atoms with E-state index in [9.17, 15) is 0 Å². The average Bonchev–Trinajstić information content (AvgIpc) is 2.04. The van der Waals surface area contributed by atoms with Crippen molar-refractivity contribution in [1.29, 1.82) is 0 Å². The lowest BCUT2D eigenvalue weighted by Gasteiger charge is -2.26. The second-order valence-corrected chi connectivity index (χ2v) is 4.75. The van der Waals surface area contributed by atoms with E-state index >= 15 is 0 Å². The zero-order chi connectivity index (χ0) is 9.56. The number of rotatable bonds is 6. The van der Waals surface area contributed by atoms with Crippen LogP contribution >= 0.6 is 11.8 Å². The summed E-state index contributed by atoms with van der Waals surface area (Å²) in [5.41, 5.74) is 0. The van der Waals surface area contributed by atoms with Crippen molar-refractivity contribution in [3.8, 4) is 0 Å². The summed E-state index contributed by atoms with van der Waals surface area (Å²) in [6.45, 7) is 6.92. The molecule has 0 heterocycles. The molecule has 2 unspecified atom stereocenters. The third kappa shape index (κ3) is 4.36. The summed E-state index contributed by atoms with van der Waals surface area (Å²) >= 11 is 1.95. The van der Waals surface area contributed by atoms with Crippen LogP contribution in [0.25, 0.3) is 0 Å². The van der Waals surface area contributed by atoms with E-state index in [2.05, 4.69) is 39.4 Å². The van der Waals surface area contributed by atoms with Gasteiger partial charge in [0, 0.05) is 6.04 Å². The standard InChI is InChI=1S/C10H23NS/c1-8(2)10(6-7-12-5)9(3)11-4/h8-11H,6-7H2,1-5H3. The van der Waals surface area contributed by atoms with Crippen molar-refractivity contribution in [2.24, 2.45) is 11.8 Å². The number of hydrogen-bond donors (Lipinski definition) is 1. The minimum absolute atomic E-state index is 0.650. The second-order valence-electron chi connectivity index (χ2n) is 3.77. The van der Waals surface area contributed by atoms with Crippen molar-refractivity contribution in [3.63, 3.8) is 0 Å². The van der Waals surface area contributed by atoms with Gasteiger partial charge in [0.15, 0.2) is 0 Å². The molecule has 0 bridgehead atoms. The molecule has 2 atom stereocenters. The quantitative estimate of drug-likeness (QED) is 0.689. The summed E-state index contributed by atoms with van der Waals surface area (Å²) in [6.07, 6.45) is 3.52. The zero-order valence-electron chi connectivity index (χ0n) is 9.05. The molecule has 0 rings (SSSR count). The van der Waals surface area contributed by atoms with Crippen LogP contribution in [-0.4, -0.2) is 25.1 Å². The molecule has 0 spiro atoms. The van der Waals surface area contributed by atoms with Gasteiger partial charge in [0.2, 0.25) is 0 Å². The summed E-state index contributed by atoms with van der Waals surface area (Å²) in [7, 11) is 2.05. The van der Waals surface area contributed by atoms with Crippen molar-refractivity contribution >= 4 is 11.8 Å². The first-order valence-electron chi connectivity index (χ1n) is 4.79. The number of thioether (sulfide) groups is 1. The fourth-order valence-electron chi connectivity index (χ4n) is 1.63. The molecule has 0 aromatic carbocycles. The fourth-order valence-corrected chi connectivity index (χ4v) is 2.14. The van der Waals surface area contributed by atoms with Gasteiger partial charge in [0.25, 0.3) is 0 Å². The molecule has 0 aromatic heterocycles. The summed E-state index contributed by atoms with van der Waals surface area (Å²) in [5.74, 6) is 2.90. The molecule has 0 aliphatic rings. The van der Waals surface area contributed by atoms with E-state index < -0.39 is 0 Å². The summed E-state index contributed by atoms with van der Waals surface area (Å²) in [4.78, 5) is 0.